The van der Waals surface area contributed by atoms with E-state index in [-0.39, 0.29) is 30.5 Å². The maximum Gasteiger partial charge on any atom is 0.423 e. The molecule has 226 valence electrons. The molecule has 11 nitrogen and oxygen atoms in total. The van der Waals surface area contributed by atoms with Gasteiger partial charge in [0.15, 0.2) is 5.13 Å². The third-order valence-electron chi connectivity index (χ3n) is 7.26. The van der Waals surface area contributed by atoms with Crippen LogP contribution in [0.4, 0.5) is 30.1 Å². The molecule has 2 aliphatic heterocycles. The minimum Gasteiger partial charge on any atom is -0.475 e. The van der Waals surface area contributed by atoms with Crippen molar-refractivity contribution in [3.05, 3.63) is 51.7 Å². The van der Waals surface area contributed by atoms with Gasteiger partial charge in [-0.05, 0) is 38.8 Å². The van der Waals surface area contributed by atoms with Gasteiger partial charge in [-0.2, -0.15) is 18.2 Å². The molecule has 0 aromatic carbocycles. The van der Waals surface area contributed by atoms with Gasteiger partial charge in [0, 0.05) is 30.9 Å². The lowest BCUT2D eigenvalue weighted by Gasteiger charge is -2.41. The van der Waals surface area contributed by atoms with E-state index in [2.05, 4.69) is 30.2 Å². The van der Waals surface area contributed by atoms with Crippen molar-refractivity contribution in [2.75, 3.05) is 36.5 Å². The number of nitrogens with one attached hydrogen (secondary N) is 1. The zero-order valence-electron chi connectivity index (χ0n) is 23.1. The summed E-state index contributed by atoms with van der Waals surface area (Å²) in [6, 6.07) is 3.13. The Bertz CT molecular complexity index is 1610. The summed E-state index contributed by atoms with van der Waals surface area (Å²) in [5.41, 5.74) is 1.13. The quantitative estimate of drug-likeness (QED) is 0.282. The van der Waals surface area contributed by atoms with Gasteiger partial charge in [0.2, 0.25) is 11.8 Å². The molecule has 0 saturated carbocycles. The number of pyridine rings is 1. The van der Waals surface area contributed by atoms with Crippen LogP contribution in [-0.4, -0.2) is 79.2 Å². The number of halogens is 3. The number of anilines is 3. The van der Waals surface area contributed by atoms with E-state index >= 15 is 0 Å². The molecule has 6 heterocycles. The Hall–Kier alpha value is -3.89. The summed E-state index contributed by atoms with van der Waals surface area (Å²) in [7, 11) is 0. The number of carbonyl (C=O) groups excluding carboxylic acids is 1. The SMILES string of the molecule is Cc1nc(C)c(-c2csc(Nc3ccc(C(=O)N4[C@@H]5CC[C@H]4CN(c4ncc(C(F)(F)F)c(OCCO)n4)C5)cn3)n2)s1. The van der Waals surface area contributed by atoms with Gasteiger partial charge in [-0.15, -0.1) is 22.7 Å². The maximum absolute atomic E-state index is 13.5. The number of aryl methyl sites for hydroxylation is 2. The second kappa shape index (κ2) is 11.7. The average molecular weight is 633 g/mol. The van der Waals surface area contributed by atoms with Crippen molar-refractivity contribution in [3.63, 3.8) is 0 Å². The Morgan fingerprint density at radius 3 is 2.51 bits per heavy atom. The Balaban J connectivity index is 1.12. The molecule has 16 heteroatoms. The van der Waals surface area contributed by atoms with Crippen LogP contribution < -0.4 is 15.0 Å². The van der Waals surface area contributed by atoms with Crippen molar-refractivity contribution >= 4 is 45.5 Å². The lowest BCUT2D eigenvalue weighted by molar-refractivity contribution is -0.139. The lowest BCUT2D eigenvalue weighted by atomic mass is 10.1. The van der Waals surface area contributed by atoms with E-state index in [0.29, 0.717) is 35.8 Å². The maximum atomic E-state index is 13.5. The standard InChI is InChI=1S/C27H27F3N8O3S2/c1-14-22(43-15(2)33-14)20-13-42-26(34-20)35-21-6-3-16(9-31-21)24(40)38-17-4-5-18(38)12-37(11-17)25-32-10-19(27(28,29)30)23(36-25)41-8-7-39/h3,6,9-10,13,17-18,39H,4-5,7-8,11-12H2,1-2H3,(H,31,34,35)/t17-,18+. The number of nitrogens with zero attached hydrogens (tertiary/aromatic N) is 7. The highest BCUT2D eigenvalue weighted by atomic mass is 32.1. The third kappa shape index (κ3) is 5.99. The summed E-state index contributed by atoms with van der Waals surface area (Å²) in [6.07, 6.45) is -0.968. The molecule has 2 saturated heterocycles. The molecular weight excluding hydrogens is 605 g/mol. The van der Waals surface area contributed by atoms with Crippen LogP contribution in [-0.2, 0) is 6.18 Å². The summed E-state index contributed by atoms with van der Waals surface area (Å²) >= 11 is 3.05. The minimum absolute atomic E-state index is 0.0908. The zero-order valence-corrected chi connectivity index (χ0v) is 24.8. The minimum atomic E-state index is -4.70. The van der Waals surface area contributed by atoms with Crippen LogP contribution in [0.5, 0.6) is 5.88 Å². The summed E-state index contributed by atoms with van der Waals surface area (Å²) in [4.78, 5) is 39.7. The molecule has 2 bridgehead atoms. The van der Waals surface area contributed by atoms with Gasteiger partial charge >= 0.3 is 6.18 Å². The van der Waals surface area contributed by atoms with Gasteiger partial charge in [-0.1, -0.05) is 0 Å². The fourth-order valence-corrected chi connectivity index (χ4v) is 7.08. The van der Waals surface area contributed by atoms with Crippen molar-refractivity contribution in [1.82, 2.24) is 29.8 Å². The monoisotopic (exact) mass is 632 g/mol. The second-order valence-electron chi connectivity index (χ2n) is 10.2. The highest BCUT2D eigenvalue weighted by Crippen LogP contribution is 2.38. The Morgan fingerprint density at radius 2 is 1.88 bits per heavy atom. The zero-order chi connectivity index (χ0) is 30.3. The number of piperazine rings is 1. The molecule has 1 amide bonds. The first kappa shape index (κ1) is 29.2. The molecule has 2 aliphatic rings. The average Bonchev–Trinajstić information content (AvgIpc) is 3.65. The van der Waals surface area contributed by atoms with Gasteiger partial charge < -0.3 is 25.0 Å². The van der Waals surface area contributed by atoms with Crippen LogP contribution in [0.15, 0.2) is 29.9 Å². The Kier molecular flexibility index (Phi) is 7.91. The van der Waals surface area contributed by atoms with Crippen LogP contribution in [0, 0.1) is 13.8 Å². The van der Waals surface area contributed by atoms with E-state index in [0.717, 1.165) is 34.1 Å². The number of aliphatic hydroxyl groups is 1. The largest absolute Gasteiger partial charge is 0.475 e. The molecule has 2 atom stereocenters. The molecule has 4 aromatic heterocycles. The van der Waals surface area contributed by atoms with Crippen molar-refractivity contribution in [2.45, 2.75) is 44.9 Å². The van der Waals surface area contributed by atoms with Gasteiger partial charge in [-0.25, -0.2) is 19.9 Å². The number of amides is 1. The van der Waals surface area contributed by atoms with Gasteiger partial charge in [0.25, 0.3) is 5.91 Å². The third-order valence-corrected chi connectivity index (χ3v) is 9.11. The van der Waals surface area contributed by atoms with Gasteiger partial charge in [0.1, 0.15) is 18.0 Å². The number of thiazole rings is 2. The first-order valence-corrected chi connectivity index (χ1v) is 15.2. The van der Waals surface area contributed by atoms with Crippen LogP contribution in [0.1, 0.15) is 39.5 Å². The predicted octanol–water partition coefficient (Wildman–Crippen LogP) is 4.70. The molecule has 6 rings (SSSR count). The van der Waals surface area contributed by atoms with Gasteiger partial charge in [0.05, 0.1) is 45.5 Å². The van der Waals surface area contributed by atoms with Crippen molar-refractivity contribution in [1.29, 1.82) is 0 Å². The normalized spacial score (nSPS) is 18.3. The van der Waals surface area contributed by atoms with E-state index in [4.69, 9.17) is 9.84 Å². The topological polar surface area (TPSA) is 129 Å². The molecule has 43 heavy (non-hydrogen) atoms. The van der Waals surface area contributed by atoms with E-state index in [1.54, 1.807) is 28.4 Å². The lowest BCUT2D eigenvalue weighted by Crippen LogP contribution is -2.56. The molecule has 0 aliphatic carbocycles. The number of aromatic nitrogens is 5. The van der Waals surface area contributed by atoms with Crippen molar-refractivity contribution in [3.8, 4) is 16.5 Å². The Morgan fingerprint density at radius 1 is 1.12 bits per heavy atom. The highest BCUT2D eigenvalue weighted by molar-refractivity contribution is 7.16. The molecular formula is C27H27F3N8O3S2. The number of carbonyl (C=O) groups is 1. The van der Waals surface area contributed by atoms with E-state index < -0.39 is 24.2 Å². The first-order chi connectivity index (χ1) is 20.6. The van der Waals surface area contributed by atoms with Crippen molar-refractivity contribution in [2.24, 2.45) is 0 Å². The molecule has 2 fully saturated rings. The molecule has 0 unspecified atom stereocenters. The number of ether oxygens (including phenoxy) is 1. The summed E-state index contributed by atoms with van der Waals surface area (Å²) in [5.74, 6) is -0.131. The second-order valence-corrected chi connectivity index (χ2v) is 12.3. The van der Waals surface area contributed by atoms with Crippen LogP contribution in [0.2, 0.25) is 0 Å². The summed E-state index contributed by atoms with van der Waals surface area (Å²) in [5, 5.41) is 15.8. The predicted molar refractivity (Wildman–Crippen MR) is 155 cm³/mol. The number of rotatable bonds is 8. The molecule has 0 radical (unpaired) electrons. The number of hydrogen-bond donors (Lipinski definition) is 2. The van der Waals surface area contributed by atoms with E-state index in [1.165, 1.54) is 17.5 Å². The van der Waals surface area contributed by atoms with Crippen LogP contribution in [0.25, 0.3) is 10.6 Å². The summed E-state index contributed by atoms with van der Waals surface area (Å²) in [6.45, 7) is 3.88. The highest BCUT2D eigenvalue weighted by Gasteiger charge is 2.44. The van der Waals surface area contributed by atoms with Crippen molar-refractivity contribution < 1.29 is 27.8 Å². The van der Waals surface area contributed by atoms with Gasteiger partial charge in [-0.3, -0.25) is 4.79 Å². The number of aliphatic hydroxyl groups excluding tert-OH is 1. The Labute approximate surface area is 252 Å². The summed E-state index contributed by atoms with van der Waals surface area (Å²) < 4.78 is 45.3. The molecule has 0 spiro atoms. The number of hydrogen-bond acceptors (Lipinski definition) is 12. The molecule has 2 N–H and O–H groups in total. The number of fused-ring (bicyclic) bond motifs is 2. The van der Waals surface area contributed by atoms with Crippen LogP contribution in [0.3, 0.4) is 0 Å². The molecule has 4 aromatic rings. The first-order valence-electron chi connectivity index (χ1n) is 13.5. The number of alkyl halides is 3. The smallest absolute Gasteiger partial charge is 0.423 e. The fourth-order valence-electron chi connectivity index (χ4n) is 5.41. The van der Waals surface area contributed by atoms with Crippen LogP contribution >= 0.6 is 22.7 Å². The van der Waals surface area contributed by atoms with E-state index in [9.17, 15) is 18.0 Å². The van der Waals surface area contributed by atoms with E-state index in [1.807, 2.05) is 24.1 Å². The fraction of sp³-hybridized carbons (Fsp3) is 0.407.